The van der Waals surface area contributed by atoms with Gasteiger partial charge in [-0.05, 0) is 12.1 Å². The van der Waals surface area contributed by atoms with Crippen LogP contribution in [0.5, 0.6) is 0 Å². The lowest BCUT2D eigenvalue weighted by Crippen LogP contribution is -2.02. The van der Waals surface area contributed by atoms with Gasteiger partial charge in [0.05, 0.1) is 5.56 Å². The van der Waals surface area contributed by atoms with E-state index in [1.165, 1.54) is 18.5 Å². The van der Waals surface area contributed by atoms with Crippen molar-refractivity contribution in [1.82, 2.24) is 9.97 Å². The van der Waals surface area contributed by atoms with Crippen molar-refractivity contribution in [3.8, 4) is 11.3 Å². The summed E-state index contributed by atoms with van der Waals surface area (Å²) in [5.74, 6) is -0.873. The molecule has 2 aromatic rings. The van der Waals surface area contributed by atoms with Crippen LogP contribution in [0.25, 0.3) is 11.3 Å². The fourth-order valence-corrected chi connectivity index (χ4v) is 1.14. The Bertz CT molecular complexity index is 530. The first kappa shape index (κ1) is 10.0. The van der Waals surface area contributed by atoms with Gasteiger partial charge in [-0.25, -0.2) is 14.8 Å². The number of aromatic carboxylic acids is 1. The van der Waals surface area contributed by atoms with Crippen LogP contribution in [-0.2, 0) is 0 Å². The highest BCUT2D eigenvalue weighted by molar-refractivity contribution is 5.83. The third kappa shape index (κ3) is 1.81. The zero-order chi connectivity index (χ0) is 11.5. The van der Waals surface area contributed by atoms with Crippen LogP contribution in [0.2, 0.25) is 0 Å². The molecule has 2 rings (SSSR count). The first-order valence-corrected chi connectivity index (χ1v) is 4.31. The van der Waals surface area contributed by atoms with E-state index in [1.807, 2.05) is 0 Å². The summed E-state index contributed by atoms with van der Waals surface area (Å²) < 4.78 is 5.12. The predicted molar refractivity (Wildman–Crippen MR) is 52.1 cm³/mol. The molecule has 0 unspecified atom stereocenters. The van der Waals surface area contributed by atoms with Gasteiger partial charge in [0.15, 0.2) is 12.0 Å². The highest BCUT2D eigenvalue weighted by Gasteiger charge is 2.08. The summed E-state index contributed by atoms with van der Waals surface area (Å²) in [4.78, 5) is 28.2. The molecule has 0 atom stereocenters. The molecule has 16 heavy (non-hydrogen) atoms. The van der Waals surface area contributed by atoms with Crippen LogP contribution in [0, 0.1) is 0 Å². The van der Waals surface area contributed by atoms with Crippen LogP contribution in [0.4, 0.5) is 0 Å². The molecular formula is C10H6N2O4. The molecule has 0 bridgehead atoms. The lowest BCUT2D eigenvalue weighted by molar-refractivity contribution is 0.0683. The highest BCUT2D eigenvalue weighted by atomic mass is 16.4. The van der Waals surface area contributed by atoms with Crippen molar-refractivity contribution < 1.29 is 19.1 Å². The molecule has 1 N–H and O–H groups in total. The lowest BCUT2D eigenvalue weighted by Gasteiger charge is -1.96. The fourth-order valence-electron chi connectivity index (χ4n) is 1.14. The van der Waals surface area contributed by atoms with E-state index in [9.17, 15) is 9.59 Å². The molecule has 0 aliphatic rings. The Hall–Kier alpha value is -2.50. The zero-order valence-electron chi connectivity index (χ0n) is 7.95. The normalized spacial score (nSPS) is 10.0. The van der Waals surface area contributed by atoms with E-state index in [1.54, 1.807) is 6.07 Å². The van der Waals surface area contributed by atoms with E-state index >= 15 is 0 Å². The molecule has 2 heterocycles. The van der Waals surface area contributed by atoms with Crippen molar-refractivity contribution in [3.63, 3.8) is 0 Å². The monoisotopic (exact) mass is 218 g/mol. The Balaban J connectivity index is 2.34. The summed E-state index contributed by atoms with van der Waals surface area (Å²) in [6.45, 7) is 0. The maximum atomic E-state index is 10.5. The maximum Gasteiger partial charge on any atom is 0.373 e. The average molecular weight is 218 g/mol. The van der Waals surface area contributed by atoms with Crippen molar-refractivity contribution in [3.05, 3.63) is 36.1 Å². The van der Waals surface area contributed by atoms with Crippen LogP contribution in [0.15, 0.2) is 28.9 Å². The van der Waals surface area contributed by atoms with Gasteiger partial charge in [-0.1, -0.05) is 0 Å². The quantitative estimate of drug-likeness (QED) is 0.779. The van der Waals surface area contributed by atoms with E-state index in [4.69, 9.17) is 9.52 Å². The van der Waals surface area contributed by atoms with E-state index in [0.717, 1.165) is 0 Å². The van der Waals surface area contributed by atoms with Crippen molar-refractivity contribution >= 4 is 12.3 Å². The Morgan fingerprint density at radius 2 is 2.00 bits per heavy atom. The summed E-state index contributed by atoms with van der Waals surface area (Å²) in [7, 11) is 0. The minimum atomic E-state index is -1.19. The Labute approximate surface area is 89.6 Å². The second-order valence-electron chi connectivity index (χ2n) is 2.92. The van der Waals surface area contributed by atoms with Crippen LogP contribution in [0.3, 0.4) is 0 Å². The molecule has 0 aliphatic heterocycles. The first-order chi connectivity index (χ1) is 7.70. The van der Waals surface area contributed by atoms with E-state index < -0.39 is 5.97 Å². The van der Waals surface area contributed by atoms with Gasteiger partial charge in [-0.2, -0.15) is 0 Å². The van der Waals surface area contributed by atoms with E-state index in [0.29, 0.717) is 17.6 Å². The van der Waals surface area contributed by atoms with Gasteiger partial charge in [0.2, 0.25) is 5.82 Å². The first-order valence-electron chi connectivity index (χ1n) is 4.31. The van der Waals surface area contributed by atoms with Crippen molar-refractivity contribution in [2.24, 2.45) is 0 Å². The predicted octanol–water partition coefficient (Wildman–Crippen LogP) is 1.25. The number of carbonyl (C=O) groups excluding carboxylic acids is 1. The molecule has 6 nitrogen and oxygen atoms in total. The number of carbonyl (C=O) groups is 2. The van der Waals surface area contributed by atoms with Gasteiger partial charge >= 0.3 is 5.97 Å². The number of carboxylic acid groups (broad SMARTS) is 1. The standard InChI is InChI=1S/C10H6N2O4/c13-5-7-1-2-8(16-7)6-3-11-9(10(14)15)12-4-6/h1-5H,(H,14,15). The Kier molecular flexibility index (Phi) is 2.47. The molecule has 2 aromatic heterocycles. The smallest absolute Gasteiger partial charge is 0.373 e. The number of furan rings is 1. The molecule has 0 amide bonds. The van der Waals surface area contributed by atoms with Gasteiger partial charge in [0.25, 0.3) is 0 Å². The van der Waals surface area contributed by atoms with Crippen LogP contribution < -0.4 is 0 Å². The van der Waals surface area contributed by atoms with Gasteiger partial charge in [0, 0.05) is 12.4 Å². The number of carboxylic acids is 1. The summed E-state index contributed by atoms with van der Waals surface area (Å²) in [5.41, 5.74) is 0.512. The molecule has 0 aromatic carbocycles. The van der Waals surface area contributed by atoms with Gasteiger partial charge in [0.1, 0.15) is 5.76 Å². The Morgan fingerprint density at radius 3 is 2.50 bits per heavy atom. The number of rotatable bonds is 3. The number of hydrogen-bond donors (Lipinski definition) is 1. The van der Waals surface area contributed by atoms with Gasteiger partial charge < -0.3 is 9.52 Å². The summed E-state index contributed by atoms with van der Waals surface area (Å²) >= 11 is 0. The van der Waals surface area contributed by atoms with Gasteiger partial charge in [-0.3, -0.25) is 4.79 Å². The fraction of sp³-hybridized carbons (Fsp3) is 0. The van der Waals surface area contributed by atoms with Gasteiger partial charge in [-0.15, -0.1) is 0 Å². The molecule has 0 saturated carbocycles. The molecule has 0 radical (unpaired) electrons. The average Bonchev–Trinajstić information content (AvgIpc) is 2.77. The lowest BCUT2D eigenvalue weighted by atomic mass is 10.2. The van der Waals surface area contributed by atoms with E-state index in [-0.39, 0.29) is 11.6 Å². The summed E-state index contributed by atoms with van der Waals surface area (Å²) in [5, 5.41) is 8.59. The van der Waals surface area contributed by atoms with Crippen molar-refractivity contribution in [2.45, 2.75) is 0 Å². The molecule has 0 spiro atoms. The maximum absolute atomic E-state index is 10.5. The molecular weight excluding hydrogens is 212 g/mol. The molecule has 80 valence electrons. The van der Waals surface area contributed by atoms with Crippen molar-refractivity contribution in [1.29, 1.82) is 0 Å². The minimum absolute atomic E-state index is 0.192. The Morgan fingerprint density at radius 1 is 1.31 bits per heavy atom. The van der Waals surface area contributed by atoms with Crippen LogP contribution in [0.1, 0.15) is 21.2 Å². The summed E-state index contributed by atoms with van der Waals surface area (Å²) in [6.07, 6.45) is 3.23. The molecule has 0 saturated heterocycles. The van der Waals surface area contributed by atoms with Crippen LogP contribution >= 0.6 is 0 Å². The minimum Gasteiger partial charge on any atom is -0.475 e. The second kappa shape index (κ2) is 3.93. The number of hydrogen-bond acceptors (Lipinski definition) is 5. The molecule has 6 heteroatoms. The third-order valence-electron chi connectivity index (χ3n) is 1.87. The zero-order valence-corrected chi connectivity index (χ0v) is 7.95. The number of aldehydes is 1. The largest absolute Gasteiger partial charge is 0.475 e. The SMILES string of the molecule is O=Cc1ccc(-c2cnc(C(=O)O)nc2)o1. The number of nitrogens with zero attached hydrogens (tertiary/aromatic N) is 2. The summed E-state index contributed by atoms with van der Waals surface area (Å²) in [6, 6.07) is 3.09. The topological polar surface area (TPSA) is 93.3 Å². The molecule has 0 fully saturated rings. The number of aromatic nitrogens is 2. The third-order valence-corrected chi connectivity index (χ3v) is 1.87. The molecule has 0 aliphatic carbocycles. The highest BCUT2D eigenvalue weighted by Crippen LogP contribution is 2.19. The van der Waals surface area contributed by atoms with E-state index in [2.05, 4.69) is 9.97 Å². The second-order valence-corrected chi connectivity index (χ2v) is 2.92. The van der Waals surface area contributed by atoms with Crippen LogP contribution in [-0.4, -0.2) is 27.3 Å². The van der Waals surface area contributed by atoms with Crippen molar-refractivity contribution in [2.75, 3.05) is 0 Å².